The minimum atomic E-state index is -0.234. The molecule has 10 atom stereocenters. The van der Waals surface area contributed by atoms with Crippen molar-refractivity contribution < 1.29 is 15.3 Å². The fraction of sp³-hybridized carbons (Fsp3) is 0.862. The third kappa shape index (κ3) is 3.95. The Bertz CT molecular complexity index is 728. The van der Waals surface area contributed by atoms with Gasteiger partial charge in [0.25, 0.3) is 0 Å². The summed E-state index contributed by atoms with van der Waals surface area (Å²) in [5.41, 5.74) is 3.19. The molecule has 182 valence electrons. The largest absolute Gasteiger partial charge is 0.393 e. The molecular formula is C29H48O3. The van der Waals surface area contributed by atoms with Gasteiger partial charge >= 0.3 is 0 Å². The molecule has 3 nitrogen and oxygen atoms in total. The van der Waals surface area contributed by atoms with Crippen LogP contribution in [0.3, 0.4) is 0 Å². The normalized spacial score (nSPS) is 45.3. The first-order valence-electron chi connectivity index (χ1n) is 13.5. The van der Waals surface area contributed by atoms with E-state index in [2.05, 4.69) is 47.3 Å². The fourth-order valence-electron chi connectivity index (χ4n) is 9.14. The summed E-state index contributed by atoms with van der Waals surface area (Å²) in [5.74, 6) is 3.75. The summed E-state index contributed by atoms with van der Waals surface area (Å²) in [6.45, 7) is 16.2. The average Bonchev–Trinajstić information content (AvgIpc) is 3.11. The van der Waals surface area contributed by atoms with Gasteiger partial charge in [-0.1, -0.05) is 51.5 Å². The van der Waals surface area contributed by atoms with E-state index in [1.165, 1.54) is 56.1 Å². The van der Waals surface area contributed by atoms with E-state index in [0.29, 0.717) is 29.1 Å². The Hall–Kier alpha value is -0.640. The molecule has 4 aliphatic rings. The molecule has 0 saturated heterocycles. The molecule has 4 rings (SSSR count). The zero-order valence-corrected chi connectivity index (χ0v) is 21.3. The Morgan fingerprint density at radius 2 is 1.91 bits per heavy atom. The lowest BCUT2D eigenvalue weighted by molar-refractivity contribution is -0.296. The highest BCUT2D eigenvalue weighted by atomic mass is 17.1. The van der Waals surface area contributed by atoms with E-state index < -0.39 is 0 Å². The van der Waals surface area contributed by atoms with E-state index in [-0.39, 0.29) is 17.6 Å². The van der Waals surface area contributed by atoms with E-state index in [1.807, 2.05) is 0 Å². The lowest BCUT2D eigenvalue weighted by Crippen LogP contribution is -2.55. The van der Waals surface area contributed by atoms with Crippen molar-refractivity contribution in [2.75, 3.05) is 0 Å². The van der Waals surface area contributed by atoms with Crippen LogP contribution < -0.4 is 0 Å². The standard InChI is InChI=1S/C29H48O3/c1-7-20(18(2)3)9-8-19(4)23-10-11-24-27-25(13-15-29(23,24)6)28(5)14-12-22(30)16-21(28)17-26(27)32-31/h17,19-20,22-27,30-31H,2,7-16H2,1,3-6H3/t19-,20-,22+,23-,24+,25+,26-,27+,28+,29-/m1/s1. The van der Waals surface area contributed by atoms with E-state index in [9.17, 15) is 10.4 Å². The molecule has 0 heterocycles. The average molecular weight is 445 g/mol. The third-order valence-corrected chi connectivity index (χ3v) is 11.1. The van der Waals surface area contributed by atoms with Gasteiger partial charge in [0.1, 0.15) is 6.10 Å². The van der Waals surface area contributed by atoms with Crippen LogP contribution >= 0.6 is 0 Å². The quantitative estimate of drug-likeness (QED) is 0.244. The molecule has 3 saturated carbocycles. The second-order valence-corrected chi connectivity index (χ2v) is 12.6. The molecule has 0 bridgehead atoms. The van der Waals surface area contributed by atoms with Gasteiger partial charge < -0.3 is 5.11 Å². The van der Waals surface area contributed by atoms with Crippen LogP contribution in [0.25, 0.3) is 0 Å². The number of aliphatic hydroxyl groups excluding tert-OH is 1. The van der Waals surface area contributed by atoms with Crippen LogP contribution in [0.1, 0.15) is 98.8 Å². The van der Waals surface area contributed by atoms with Crippen molar-refractivity contribution in [3.05, 3.63) is 23.8 Å². The third-order valence-electron chi connectivity index (χ3n) is 11.1. The highest BCUT2D eigenvalue weighted by Gasteiger charge is 2.61. The number of aliphatic hydroxyl groups is 1. The Morgan fingerprint density at radius 3 is 2.56 bits per heavy atom. The Kier molecular flexibility index (Phi) is 7.03. The molecule has 0 aromatic rings. The van der Waals surface area contributed by atoms with Gasteiger partial charge in [0.2, 0.25) is 0 Å². The summed E-state index contributed by atoms with van der Waals surface area (Å²) in [5, 5.41) is 20.3. The van der Waals surface area contributed by atoms with E-state index in [4.69, 9.17) is 4.89 Å². The number of rotatable bonds is 7. The number of allylic oxidation sites excluding steroid dienone is 1. The molecule has 0 aromatic carbocycles. The zero-order valence-electron chi connectivity index (χ0n) is 21.3. The molecular weight excluding hydrogens is 396 g/mol. The molecule has 0 aromatic heterocycles. The van der Waals surface area contributed by atoms with Crippen molar-refractivity contribution in [1.29, 1.82) is 0 Å². The van der Waals surface area contributed by atoms with Crippen molar-refractivity contribution in [2.24, 2.45) is 46.3 Å². The molecule has 0 spiro atoms. The second kappa shape index (κ2) is 9.19. The summed E-state index contributed by atoms with van der Waals surface area (Å²) in [6.07, 6.45) is 13.4. The van der Waals surface area contributed by atoms with Gasteiger partial charge in [0.15, 0.2) is 0 Å². The summed E-state index contributed by atoms with van der Waals surface area (Å²) in [6, 6.07) is 0. The first-order valence-corrected chi connectivity index (χ1v) is 13.5. The van der Waals surface area contributed by atoms with Crippen LogP contribution in [-0.4, -0.2) is 22.6 Å². The molecule has 0 aliphatic heterocycles. The van der Waals surface area contributed by atoms with Gasteiger partial charge in [0, 0.05) is 0 Å². The summed E-state index contributed by atoms with van der Waals surface area (Å²) >= 11 is 0. The molecule has 3 fully saturated rings. The lowest BCUT2D eigenvalue weighted by Gasteiger charge is -2.59. The fourth-order valence-corrected chi connectivity index (χ4v) is 9.14. The van der Waals surface area contributed by atoms with Crippen molar-refractivity contribution in [1.82, 2.24) is 0 Å². The second-order valence-electron chi connectivity index (χ2n) is 12.6. The van der Waals surface area contributed by atoms with E-state index >= 15 is 0 Å². The van der Waals surface area contributed by atoms with Crippen LogP contribution in [0.5, 0.6) is 0 Å². The first kappa shape index (κ1) is 24.5. The maximum atomic E-state index is 10.3. The van der Waals surface area contributed by atoms with Gasteiger partial charge in [-0.15, -0.1) is 0 Å². The van der Waals surface area contributed by atoms with Crippen LogP contribution in [0.4, 0.5) is 0 Å². The van der Waals surface area contributed by atoms with Crippen molar-refractivity contribution in [3.8, 4) is 0 Å². The Labute approximate surface area is 196 Å². The van der Waals surface area contributed by atoms with Gasteiger partial charge in [-0.05, 0) is 117 Å². The molecule has 4 aliphatic carbocycles. The monoisotopic (exact) mass is 444 g/mol. The van der Waals surface area contributed by atoms with Gasteiger partial charge in [-0.2, -0.15) is 0 Å². The van der Waals surface area contributed by atoms with Crippen LogP contribution in [0, 0.1) is 46.3 Å². The first-order chi connectivity index (χ1) is 15.2. The zero-order chi connectivity index (χ0) is 23.3. The number of hydrogen-bond acceptors (Lipinski definition) is 3. The number of fused-ring (bicyclic) bond motifs is 5. The highest BCUT2D eigenvalue weighted by molar-refractivity contribution is 5.28. The Balaban J connectivity index is 1.55. The molecule has 0 unspecified atom stereocenters. The Morgan fingerprint density at radius 1 is 1.16 bits per heavy atom. The van der Waals surface area contributed by atoms with Crippen molar-refractivity contribution >= 4 is 0 Å². The predicted octanol–water partition coefficient (Wildman–Crippen LogP) is 7.41. The summed E-state index contributed by atoms with van der Waals surface area (Å²) < 4.78 is 0. The van der Waals surface area contributed by atoms with Crippen molar-refractivity contribution in [2.45, 2.75) is 111 Å². The van der Waals surface area contributed by atoms with Crippen LogP contribution in [-0.2, 0) is 4.89 Å². The highest BCUT2D eigenvalue weighted by Crippen LogP contribution is 2.67. The molecule has 3 heteroatoms. The minimum absolute atomic E-state index is 0.166. The topological polar surface area (TPSA) is 49.7 Å². The molecule has 0 amide bonds. The smallest absolute Gasteiger partial charge is 0.114 e. The minimum Gasteiger partial charge on any atom is -0.393 e. The van der Waals surface area contributed by atoms with Crippen LogP contribution in [0.15, 0.2) is 23.8 Å². The summed E-state index contributed by atoms with van der Waals surface area (Å²) in [7, 11) is 0. The predicted molar refractivity (Wildman–Crippen MR) is 131 cm³/mol. The lowest BCUT2D eigenvalue weighted by atomic mass is 9.46. The van der Waals surface area contributed by atoms with Crippen molar-refractivity contribution in [3.63, 3.8) is 0 Å². The molecule has 2 N–H and O–H groups in total. The van der Waals surface area contributed by atoms with E-state index in [1.54, 1.807) is 0 Å². The van der Waals surface area contributed by atoms with Crippen LogP contribution in [0.2, 0.25) is 0 Å². The molecule has 32 heavy (non-hydrogen) atoms. The van der Waals surface area contributed by atoms with Gasteiger partial charge in [-0.3, -0.25) is 5.26 Å². The maximum absolute atomic E-state index is 10.3. The summed E-state index contributed by atoms with van der Waals surface area (Å²) in [4.78, 5) is 5.19. The van der Waals surface area contributed by atoms with Gasteiger partial charge in [0.05, 0.1) is 6.10 Å². The van der Waals surface area contributed by atoms with E-state index in [0.717, 1.165) is 31.1 Å². The molecule has 0 radical (unpaired) electrons. The maximum Gasteiger partial charge on any atom is 0.114 e. The number of hydrogen-bond donors (Lipinski definition) is 2. The van der Waals surface area contributed by atoms with Gasteiger partial charge in [-0.25, -0.2) is 4.89 Å². The SMILES string of the molecule is C=C(C)[C@H](CC)CC[C@@H](C)[C@H]1CC[C@H]2[C@@H]3[C@H](OO)C=C4C[C@@H](O)CC[C@]4(C)[C@H]3CC[C@]12C.